The summed E-state index contributed by atoms with van der Waals surface area (Å²) in [4.78, 5) is 8.56. The van der Waals surface area contributed by atoms with Crippen LogP contribution in [0, 0.1) is 13.8 Å². The van der Waals surface area contributed by atoms with Gasteiger partial charge >= 0.3 is 6.16 Å². The summed E-state index contributed by atoms with van der Waals surface area (Å²) in [6.07, 6.45) is 0.358. The van der Waals surface area contributed by atoms with E-state index in [9.17, 15) is 0 Å². The molecule has 2 N–H and O–H groups in total. The molecule has 0 aliphatic heterocycles. The third-order valence-electron chi connectivity index (χ3n) is 3.27. The van der Waals surface area contributed by atoms with E-state index in [0.29, 0.717) is 0 Å². The van der Waals surface area contributed by atoms with Gasteiger partial charge in [-0.1, -0.05) is 54.6 Å². The molecule has 0 aliphatic carbocycles. The Morgan fingerprint density at radius 1 is 0.952 bits per heavy atom. The third-order valence-corrected chi connectivity index (χ3v) is 3.27. The van der Waals surface area contributed by atoms with Gasteiger partial charge in [-0.3, -0.25) is 0 Å². The zero-order valence-corrected chi connectivity index (χ0v) is 12.5. The first-order valence-electron chi connectivity index (χ1n) is 6.67. The summed E-state index contributed by atoms with van der Waals surface area (Å²) in [6, 6.07) is 17.0. The molecule has 0 spiro atoms. The van der Waals surface area contributed by atoms with Crippen molar-refractivity contribution in [3.8, 4) is 0 Å². The van der Waals surface area contributed by atoms with Crippen molar-refractivity contribution in [2.75, 3.05) is 0 Å². The summed E-state index contributed by atoms with van der Waals surface area (Å²) in [5, 5.41) is 13.9. The average molecular weight is 284 g/mol. The standard InChI is InChI=1S/C17H18.CH2O3/c1-4-16(15-10-6-5-7-11-15)17-12-8-9-13(2)14(17)3;2-1(3)4/h4-12H,1-3H3;(H2,2,3,4). The van der Waals surface area contributed by atoms with Crippen LogP contribution in [0.3, 0.4) is 0 Å². The zero-order valence-electron chi connectivity index (χ0n) is 12.5. The highest BCUT2D eigenvalue weighted by molar-refractivity contribution is 5.81. The molecule has 0 fully saturated rings. The third kappa shape index (κ3) is 4.80. The molecule has 0 heterocycles. The first-order valence-corrected chi connectivity index (χ1v) is 6.67. The largest absolute Gasteiger partial charge is 0.503 e. The second kappa shape index (κ2) is 7.90. The van der Waals surface area contributed by atoms with E-state index in [1.807, 2.05) is 0 Å². The van der Waals surface area contributed by atoms with E-state index in [1.54, 1.807) is 0 Å². The molecule has 0 unspecified atom stereocenters. The van der Waals surface area contributed by atoms with Crippen molar-refractivity contribution in [3.05, 3.63) is 76.9 Å². The lowest BCUT2D eigenvalue weighted by Gasteiger charge is -2.12. The number of rotatable bonds is 2. The molecule has 0 aromatic heterocycles. The maximum atomic E-state index is 8.56. The summed E-state index contributed by atoms with van der Waals surface area (Å²) in [5.74, 6) is 0. The molecular formula is C18H20O3. The van der Waals surface area contributed by atoms with Crippen molar-refractivity contribution in [2.24, 2.45) is 0 Å². The highest BCUT2D eigenvalue weighted by Gasteiger charge is 2.07. The summed E-state index contributed by atoms with van der Waals surface area (Å²) < 4.78 is 0. The Labute approximate surface area is 125 Å². The summed E-state index contributed by atoms with van der Waals surface area (Å²) in [5.41, 5.74) is 6.64. The van der Waals surface area contributed by atoms with Gasteiger partial charge in [0.1, 0.15) is 0 Å². The molecule has 2 rings (SSSR count). The van der Waals surface area contributed by atoms with E-state index >= 15 is 0 Å². The van der Waals surface area contributed by atoms with Crippen LogP contribution >= 0.6 is 0 Å². The number of allylic oxidation sites excluding steroid dienone is 1. The van der Waals surface area contributed by atoms with E-state index in [2.05, 4.69) is 75.4 Å². The second-order valence-corrected chi connectivity index (χ2v) is 4.60. The summed E-state index contributed by atoms with van der Waals surface area (Å²) >= 11 is 0. The molecule has 0 saturated heterocycles. The van der Waals surface area contributed by atoms with Crippen LogP contribution in [0.1, 0.15) is 29.2 Å². The highest BCUT2D eigenvalue weighted by Crippen LogP contribution is 2.27. The van der Waals surface area contributed by atoms with Crippen molar-refractivity contribution >= 4 is 11.7 Å². The van der Waals surface area contributed by atoms with E-state index in [1.165, 1.54) is 27.8 Å². The van der Waals surface area contributed by atoms with Crippen molar-refractivity contribution in [1.82, 2.24) is 0 Å². The summed E-state index contributed by atoms with van der Waals surface area (Å²) in [6.45, 7) is 6.46. The van der Waals surface area contributed by atoms with Crippen molar-refractivity contribution in [3.63, 3.8) is 0 Å². The van der Waals surface area contributed by atoms with Gasteiger partial charge in [0.05, 0.1) is 0 Å². The van der Waals surface area contributed by atoms with Crippen molar-refractivity contribution < 1.29 is 15.0 Å². The number of aryl methyl sites for hydroxylation is 1. The Kier molecular flexibility index (Phi) is 6.21. The Balaban J connectivity index is 0.000000491. The van der Waals surface area contributed by atoms with Crippen LogP contribution in [-0.4, -0.2) is 16.4 Å². The lowest BCUT2D eigenvalue weighted by molar-refractivity contribution is 0.137. The average Bonchev–Trinajstić information content (AvgIpc) is 2.45. The van der Waals surface area contributed by atoms with Crippen LogP contribution in [0.15, 0.2) is 54.6 Å². The molecule has 2 aromatic rings. The fourth-order valence-electron chi connectivity index (χ4n) is 2.14. The molecular weight excluding hydrogens is 264 g/mol. The van der Waals surface area contributed by atoms with E-state index < -0.39 is 6.16 Å². The first-order chi connectivity index (χ1) is 9.97. The first kappa shape index (κ1) is 16.5. The molecule has 3 heteroatoms. The number of benzene rings is 2. The minimum atomic E-state index is -1.83. The maximum absolute atomic E-state index is 8.56. The van der Waals surface area contributed by atoms with Gasteiger partial charge in [0.2, 0.25) is 0 Å². The molecule has 0 amide bonds. The van der Waals surface area contributed by atoms with Crippen LogP contribution in [0.4, 0.5) is 4.79 Å². The van der Waals surface area contributed by atoms with Crippen LogP contribution in [0.5, 0.6) is 0 Å². The molecule has 0 atom stereocenters. The number of carbonyl (C=O) groups is 1. The number of carboxylic acid groups (broad SMARTS) is 2. The van der Waals surface area contributed by atoms with Gasteiger partial charge in [0, 0.05) is 0 Å². The Bertz CT molecular complexity index is 624. The zero-order chi connectivity index (χ0) is 15.8. The quantitative estimate of drug-likeness (QED) is 0.817. The SMILES string of the molecule is CC=C(c1ccccc1)c1cccc(C)c1C.O=C(O)O. The smallest absolute Gasteiger partial charge is 0.450 e. The molecule has 0 saturated carbocycles. The summed E-state index contributed by atoms with van der Waals surface area (Å²) in [7, 11) is 0. The van der Waals surface area contributed by atoms with Gasteiger partial charge in [-0.05, 0) is 48.6 Å². The molecule has 2 aromatic carbocycles. The lowest BCUT2D eigenvalue weighted by Crippen LogP contribution is -1.93. The van der Waals surface area contributed by atoms with Crippen LogP contribution in [0.25, 0.3) is 5.57 Å². The van der Waals surface area contributed by atoms with Gasteiger partial charge in [-0.2, -0.15) is 0 Å². The molecule has 0 aliphatic rings. The monoisotopic (exact) mass is 284 g/mol. The minimum Gasteiger partial charge on any atom is -0.450 e. The van der Waals surface area contributed by atoms with Gasteiger partial charge < -0.3 is 10.2 Å². The molecule has 3 nitrogen and oxygen atoms in total. The minimum absolute atomic E-state index is 1.28. The molecule has 21 heavy (non-hydrogen) atoms. The van der Waals surface area contributed by atoms with Gasteiger partial charge in [0.25, 0.3) is 0 Å². The van der Waals surface area contributed by atoms with Crippen LogP contribution < -0.4 is 0 Å². The van der Waals surface area contributed by atoms with E-state index in [0.717, 1.165) is 0 Å². The van der Waals surface area contributed by atoms with Gasteiger partial charge in [-0.15, -0.1) is 0 Å². The van der Waals surface area contributed by atoms with Crippen molar-refractivity contribution in [1.29, 1.82) is 0 Å². The van der Waals surface area contributed by atoms with Gasteiger partial charge in [0.15, 0.2) is 0 Å². The van der Waals surface area contributed by atoms with E-state index in [-0.39, 0.29) is 0 Å². The predicted octanol–water partition coefficient (Wildman–Crippen LogP) is 4.98. The van der Waals surface area contributed by atoms with E-state index in [4.69, 9.17) is 15.0 Å². The second-order valence-electron chi connectivity index (χ2n) is 4.60. The topological polar surface area (TPSA) is 57.5 Å². The number of hydrogen-bond donors (Lipinski definition) is 2. The Morgan fingerprint density at radius 2 is 1.52 bits per heavy atom. The van der Waals surface area contributed by atoms with Crippen LogP contribution in [-0.2, 0) is 0 Å². The predicted molar refractivity (Wildman–Crippen MR) is 85.8 cm³/mol. The molecule has 0 radical (unpaired) electrons. The lowest BCUT2D eigenvalue weighted by atomic mass is 9.92. The highest BCUT2D eigenvalue weighted by atomic mass is 16.6. The van der Waals surface area contributed by atoms with Gasteiger partial charge in [-0.25, -0.2) is 4.79 Å². The van der Waals surface area contributed by atoms with Crippen LogP contribution in [0.2, 0.25) is 0 Å². The normalized spacial score (nSPS) is 10.5. The Morgan fingerprint density at radius 3 is 2.05 bits per heavy atom. The fraction of sp³-hybridized carbons (Fsp3) is 0.167. The number of hydrogen-bond acceptors (Lipinski definition) is 1. The maximum Gasteiger partial charge on any atom is 0.503 e. The molecule has 110 valence electrons. The fourth-order valence-corrected chi connectivity index (χ4v) is 2.14. The molecule has 0 bridgehead atoms. The van der Waals surface area contributed by atoms with Crippen molar-refractivity contribution in [2.45, 2.75) is 20.8 Å². The Hall–Kier alpha value is -2.55.